The molecule has 2 aliphatic rings. The summed E-state index contributed by atoms with van der Waals surface area (Å²) in [4.78, 5) is 8.48. The Hall–Kier alpha value is 0.683. The summed E-state index contributed by atoms with van der Waals surface area (Å²) in [6.45, 7) is 9.44. The van der Waals surface area contributed by atoms with Gasteiger partial charge in [-0.25, -0.2) is 0 Å². The summed E-state index contributed by atoms with van der Waals surface area (Å²) < 4.78 is 1.14. The van der Waals surface area contributed by atoms with Crippen LogP contribution in [0.4, 0.5) is 0 Å². The minimum absolute atomic E-state index is 0. The number of aliphatic hydroxyl groups is 2. The minimum atomic E-state index is 0. The largest absolute Gasteiger partial charge is 2.00 e. The minimum Gasteiger partial charge on any atom is -0.411 e. The van der Waals surface area contributed by atoms with E-state index < -0.39 is 0 Å². The molecule has 0 saturated carbocycles. The van der Waals surface area contributed by atoms with E-state index in [0.717, 1.165) is 65.4 Å². The van der Waals surface area contributed by atoms with Gasteiger partial charge < -0.3 is 69.7 Å². The fraction of sp³-hybridized carbons (Fsp3) is 0.857. The zero-order chi connectivity index (χ0) is 17.9. The average molecular weight is 476 g/mol. The van der Waals surface area contributed by atoms with Crippen LogP contribution in [0.25, 0.3) is 0 Å². The summed E-state index contributed by atoms with van der Waals surface area (Å²) in [5.74, 6) is 0. The summed E-state index contributed by atoms with van der Waals surface area (Å²) in [6.07, 6.45) is 0. The summed E-state index contributed by atoms with van der Waals surface area (Å²) in [5.41, 5.74) is 0. The van der Waals surface area contributed by atoms with E-state index in [1.807, 2.05) is 9.80 Å². The molecule has 0 aliphatic carbocycles. The first-order valence-electron chi connectivity index (χ1n) is 8.06. The van der Waals surface area contributed by atoms with Gasteiger partial charge in [-0.15, -0.1) is 0 Å². The molecule has 0 amide bonds. The number of thiocarbonyl (C=S) groups is 2. The molecule has 25 heavy (non-hydrogen) atoms. The molecule has 0 aromatic heterocycles. The second-order valence-electron chi connectivity index (χ2n) is 5.64. The van der Waals surface area contributed by atoms with E-state index in [4.69, 9.17) is 59.9 Å². The number of β-amino-alcohol motifs (C(OH)–C–C–N with tert-alkyl or cyclic N) is 2. The van der Waals surface area contributed by atoms with Gasteiger partial charge >= 0.3 is 19.5 Å². The Bertz CT molecular complexity index is 357. The van der Waals surface area contributed by atoms with Gasteiger partial charge in [-0.05, 0) is 0 Å². The van der Waals surface area contributed by atoms with Crippen molar-refractivity contribution >= 4 is 58.3 Å². The molecule has 0 radical (unpaired) electrons. The first-order chi connectivity index (χ1) is 11.5. The normalized spacial score (nSPS) is 18.8. The zero-order valence-corrected chi connectivity index (χ0v) is 20.7. The van der Waals surface area contributed by atoms with Crippen LogP contribution in [-0.2, 0) is 44.7 Å². The Morgan fingerprint density at radius 1 is 0.680 bits per heavy atom. The molecule has 0 bridgehead atoms. The van der Waals surface area contributed by atoms with Crippen LogP contribution in [0.15, 0.2) is 0 Å². The molecule has 6 nitrogen and oxygen atoms in total. The van der Waals surface area contributed by atoms with E-state index >= 15 is 0 Å². The third kappa shape index (κ3) is 10.6. The van der Waals surface area contributed by atoms with Crippen molar-refractivity contribution in [2.45, 2.75) is 0 Å². The number of piperazine rings is 2. The molecule has 2 rings (SSSR count). The van der Waals surface area contributed by atoms with E-state index in [9.17, 15) is 0 Å². The van der Waals surface area contributed by atoms with Crippen molar-refractivity contribution < 1.29 is 29.7 Å². The van der Waals surface area contributed by atoms with E-state index in [1.54, 1.807) is 0 Å². The van der Waals surface area contributed by atoms with Gasteiger partial charge in [0.25, 0.3) is 0 Å². The summed E-state index contributed by atoms with van der Waals surface area (Å²) in [7, 11) is 0. The number of nitrogens with zero attached hydrogens (tertiary/aromatic N) is 4. The fourth-order valence-corrected chi connectivity index (χ4v) is 3.32. The molecular weight excluding hydrogens is 450 g/mol. The van der Waals surface area contributed by atoms with Crippen molar-refractivity contribution in [1.29, 1.82) is 0 Å². The number of rotatable bonds is 4. The van der Waals surface area contributed by atoms with E-state index in [-0.39, 0.29) is 32.7 Å². The maximum atomic E-state index is 8.69. The average Bonchev–Trinajstić information content (AvgIpc) is 2.57. The topological polar surface area (TPSA) is 53.4 Å². The van der Waals surface area contributed by atoms with Crippen LogP contribution in [0.3, 0.4) is 0 Å². The van der Waals surface area contributed by atoms with Gasteiger partial charge in [-0.1, -0.05) is 8.64 Å². The second kappa shape index (κ2) is 14.7. The molecule has 2 heterocycles. The third-order valence-corrected chi connectivity index (χ3v) is 5.13. The van der Waals surface area contributed by atoms with Gasteiger partial charge in [0.2, 0.25) is 0 Å². The van der Waals surface area contributed by atoms with Crippen molar-refractivity contribution in [2.24, 2.45) is 0 Å². The van der Waals surface area contributed by atoms with Crippen molar-refractivity contribution in [3.8, 4) is 0 Å². The molecule has 0 spiro atoms. The molecule has 11 heteroatoms. The van der Waals surface area contributed by atoms with Gasteiger partial charge in [0, 0.05) is 65.4 Å². The Morgan fingerprint density at radius 2 is 0.960 bits per heavy atom. The quantitative estimate of drug-likeness (QED) is 0.296. The van der Waals surface area contributed by atoms with Gasteiger partial charge in [0.1, 0.15) is 0 Å². The van der Waals surface area contributed by atoms with Crippen LogP contribution in [0.2, 0.25) is 0 Å². The Balaban J connectivity index is 0.000000443. The van der Waals surface area contributed by atoms with E-state index in [2.05, 4.69) is 9.80 Å². The maximum Gasteiger partial charge on any atom is 2.00 e. The predicted octanol–water partition coefficient (Wildman–Crippen LogP) is -1.15. The van der Waals surface area contributed by atoms with Gasteiger partial charge in [-0.2, -0.15) is 0 Å². The van der Waals surface area contributed by atoms with Crippen molar-refractivity contribution in [3.05, 3.63) is 0 Å². The van der Waals surface area contributed by atoms with Crippen LogP contribution in [0.5, 0.6) is 0 Å². The standard InChI is InChI=1S/2C7H14N2OS2.Zn/c2*10-6-5-8-1-3-9(4-2-8)7(11)12;/h2*10H,1-6H2,(H,11,12);/q;;+2/p-2. The van der Waals surface area contributed by atoms with Crippen LogP contribution in [-0.4, -0.2) is 117 Å². The molecule has 0 unspecified atom stereocenters. The van der Waals surface area contributed by atoms with Crippen LogP contribution < -0.4 is 0 Å². The predicted molar refractivity (Wildman–Crippen MR) is 110 cm³/mol. The summed E-state index contributed by atoms with van der Waals surface area (Å²) in [6, 6.07) is 0. The fourth-order valence-electron chi connectivity index (χ4n) is 2.59. The first kappa shape index (κ1) is 25.7. The summed E-state index contributed by atoms with van der Waals surface area (Å²) in [5, 5.41) is 17.4. The molecule has 2 fully saturated rings. The summed E-state index contributed by atoms with van der Waals surface area (Å²) >= 11 is 19.6. The monoisotopic (exact) mass is 474 g/mol. The van der Waals surface area contributed by atoms with Crippen molar-refractivity contribution in [2.75, 3.05) is 78.7 Å². The van der Waals surface area contributed by atoms with Gasteiger partial charge in [0.15, 0.2) is 0 Å². The first-order valence-corrected chi connectivity index (χ1v) is 9.69. The van der Waals surface area contributed by atoms with Crippen molar-refractivity contribution in [1.82, 2.24) is 19.6 Å². The molecule has 0 atom stereocenters. The Morgan fingerprint density at radius 3 is 1.16 bits per heavy atom. The maximum absolute atomic E-state index is 8.69. The molecule has 2 N–H and O–H groups in total. The SMILES string of the molecule is OCCN1CCN(C(=S)[S-])CC1.OCCN1CCN(C(=S)[S-])CC1.[Zn+2]. The second-order valence-corrected chi connectivity index (χ2v) is 7.70. The molecule has 0 aromatic carbocycles. The van der Waals surface area contributed by atoms with Crippen LogP contribution in [0, 0.1) is 0 Å². The molecule has 2 aliphatic heterocycles. The number of hydrogen-bond acceptors (Lipinski definition) is 8. The smallest absolute Gasteiger partial charge is 0.411 e. The third-order valence-electron chi connectivity index (χ3n) is 4.09. The molecule has 0 aromatic rings. The number of aliphatic hydroxyl groups excluding tert-OH is 2. The van der Waals surface area contributed by atoms with Gasteiger partial charge in [-0.3, -0.25) is 9.80 Å². The molecule has 140 valence electrons. The molecular formula is C14H26N4O2S4Zn. The molecule has 2 saturated heterocycles. The zero-order valence-electron chi connectivity index (χ0n) is 14.5. The van der Waals surface area contributed by atoms with Gasteiger partial charge in [0.05, 0.1) is 13.2 Å². The Labute approximate surface area is 185 Å². The van der Waals surface area contributed by atoms with Crippen molar-refractivity contribution in [3.63, 3.8) is 0 Å². The van der Waals surface area contributed by atoms with Crippen LogP contribution >= 0.6 is 24.4 Å². The van der Waals surface area contributed by atoms with E-state index in [0.29, 0.717) is 8.64 Å². The Kier molecular flexibility index (Phi) is 15.1. The van der Waals surface area contributed by atoms with E-state index in [1.165, 1.54) is 0 Å². The van der Waals surface area contributed by atoms with Crippen LogP contribution in [0.1, 0.15) is 0 Å². The number of hydrogen-bond donors (Lipinski definition) is 2.